The van der Waals surface area contributed by atoms with Gasteiger partial charge in [0.15, 0.2) is 0 Å². The van der Waals surface area contributed by atoms with Crippen LogP contribution >= 0.6 is 27.7 Å². The van der Waals surface area contributed by atoms with E-state index >= 15 is 0 Å². The summed E-state index contributed by atoms with van der Waals surface area (Å²) in [5.74, 6) is 0.828. The van der Waals surface area contributed by atoms with Crippen molar-refractivity contribution < 1.29 is 8.42 Å². The van der Waals surface area contributed by atoms with Gasteiger partial charge in [0.1, 0.15) is 0 Å². The molecule has 1 aliphatic heterocycles. The lowest BCUT2D eigenvalue weighted by molar-refractivity contribution is 0.446. The molecule has 1 aliphatic rings. The minimum Gasteiger partial charge on any atom is -0.207 e. The van der Waals surface area contributed by atoms with E-state index in [-0.39, 0.29) is 0 Å². The lowest BCUT2D eigenvalue weighted by Crippen LogP contribution is -2.26. The molecule has 0 atom stereocenters. The van der Waals surface area contributed by atoms with E-state index in [1.165, 1.54) is 0 Å². The van der Waals surface area contributed by atoms with Gasteiger partial charge in [0.2, 0.25) is 10.0 Å². The minimum atomic E-state index is -3.24. The fourth-order valence-corrected chi connectivity index (χ4v) is 4.27. The molecule has 0 N–H and O–H groups in total. The van der Waals surface area contributed by atoms with Crippen LogP contribution in [0.15, 0.2) is 27.6 Å². The van der Waals surface area contributed by atoms with Crippen LogP contribution < -0.4 is 0 Å². The van der Waals surface area contributed by atoms with Crippen LogP contribution in [0.1, 0.15) is 5.56 Å². The molecule has 88 valence electrons. The molecule has 2 rings (SSSR count). The molecular weight excluding hydrogens is 310 g/mol. The highest BCUT2D eigenvalue weighted by molar-refractivity contribution is 9.10. The Bertz CT molecular complexity index is 502. The molecule has 0 aliphatic carbocycles. The maximum Gasteiger partial charge on any atom is 0.243 e. The molecule has 0 unspecified atom stereocenters. The van der Waals surface area contributed by atoms with E-state index in [1.807, 2.05) is 12.3 Å². The smallest absolute Gasteiger partial charge is 0.207 e. The standard InChI is InChI=1S/C10H12BrNO2S2/c1-15-5-4-12-7-8-6-9(11)2-3-10(8)16(12,13)14/h2-3,6H,4-5,7H2,1H3. The molecule has 1 aromatic rings. The van der Waals surface area contributed by atoms with Gasteiger partial charge in [-0.1, -0.05) is 15.9 Å². The fraction of sp³-hybridized carbons (Fsp3) is 0.400. The Morgan fingerprint density at radius 3 is 2.94 bits per heavy atom. The zero-order valence-electron chi connectivity index (χ0n) is 8.81. The second-order valence-corrected chi connectivity index (χ2v) is 7.39. The molecule has 6 heteroatoms. The quantitative estimate of drug-likeness (QED) is 0.857. The first kappa shape index (κ1) is 12.4. The average Bonchev–Trinajstić information content (AvgIpc) is 2.47. The molecule has 16 heavy (non-hydrogen) atoms. The predicted octanol–water partition coefficient (Wildman–Crippen LogP) is 2.32. The Hall–Kier alpha value is -0.0400. The van der Waals surface area contributed by atoms with Crippen LogP contribution in [0.3, 0.4) is 0 Å². The maximum atomic E-state index is 12.1. The number of halogens is 1. The van der Waals surface area contributed by atoms with Gasteiger partial charge in [-0.05, 0) is 30.0 Å². The topological polar surface area (TPSA) is 37.4 Å². The molecule has 0 amide bonds. The highest BCUT2D eigenvalue weighted by Crippen LogP contribution is 2.31. The second kappa shape index (κ2) is 4.68. The van der Waals surface area contributed by atoms with Gasteiger partial charge < -0.3 is 0 Å². The van der Waals surface area contributed by atoms with Gasteiger partial charge in [0.05, 0.1) is 4.90 Å². The Morgan fingerprint density at radius 1 is 1.50 bits per heavy atom. The largest absolute Gasteiger partial charge is 0.243 e. The predicted molar refractivity (Wildman–Crippen MR) is 70.1 cm³/mol. The van der Waals surface area contributed by atoms with Gasteiger partial charge in [0.25, 0.3) is 0 Å². The summed E-state index contributed by atoms with van der Waals surface area (Å²) >= 11 is 5.01. The fourth-order valence-electron chi connectivity index (χ4n) is 1.73. The van der Waals surface area contributed by atoms with Crippen LogP contribution in [0.25, 0.3) is 0 Å². The van der Waals surface area contributed by atoms with E-state index in [9.17, 15) is 8.42 Å². The van der Waals surface area contributed by atoms with Crippen molar-refractivity contribution in [2.24, 2.45) is 0 Å². The number of hydrogen-bond donors (Lipinski definition) is 0. The van der Waals surface area contributed by atoms with Gasteiger partial charge in [-0.25, -0.2) is 8.42 Å². The number of hydrogen-bond acceptors (Lipinski definition) is 3. The molecule has 0 aromatic heterocycles. The molecule has 0 radical (unpaired) electrons. The summed E-state index contributed by atoms with van der Waals surface area (Å²) in [6.45, 7) is 1.08. The lowest BCUT2D eigenvalue weighted by atomic mass is 10.2. The number of sulfonamides is 1. The molecule has 1 heterocycles. The molecule has 1 aromatic carbocycles. The Labute approximate surface area is 108 Å². The first-order valence-corrected chi connectivity index (χ1v) is 8.46. The van der Waals surface area contributed by atoms with E-state index in [4.69, 9.17) is 0 Å². The first-order chi connectivity index (χ1) is 7.55. The number of nitrogens with zero attached hydrogens (tertiary/aromatic N) is 1. The highest BCUT2D eigenvalue weighted by atomic mass is 79.9. The van der Waals surface area contributed by atoms with Crippen molar-refractivity contribution in [1.82, 2.24) is 4.31 Å². The average molecular weight is 322 g/mol. The van der Waals surface area contributed by atoms with Gasteiger partial charge in [-0.15, -0.1) is 0 Å². The van der Waals surface area contributed by atoms with Crippen molar-refractivity contribution in [3.8, 4) is 0 Å². The first-order valence-electron chi connectivity index (χ1n) is 4.83. The SMILES string of the molecule is CSCCN1Cc2cc(Br)ccc2S1(=O)=O. The lowest BCUT2D eigenvalue weighted by Gasteiger charge is -2.12. The van der Waals surface area contributed by atoms with Gasteiger partial charge in [0, 0.05) is 23.3 Å². The highest BCUT2D eigenvalue weighted by Gasteiger charge is 2.33. The molecule has 3 nitrogen and oxygen atoms in total. The van der Waals surface area contributed by atoms with E-state index < -0.39 is 10.0 Å². The van der Waals surface area contributed by atoms with Crippen LogP contribution in [0.5, 0.6) is 0 Å². The van der Waals surface area contributed by atoms with Crippen molar-refractivity contribution in [2.45, 2.75) is 11.4 Å². The van der Waals surface area contributed by atoms with E-state index in [0.717, 1.165) is 15.8 Å². The molecular formula is C10H12BrNO2S2. The monoisotopic (exact) mass is 321 g/mol. The minimum absolute atomic E-state index is 0.455. The number of thioether (sulfide) groups is 1. The van der Waals surface area contributed by atoms with Crippen molar-refractivity contribution in [3.63, 3.8) is 0 Å². The normalized spacial score (nSPS) is 18.6. The number of benzene rings is 1. The molecule has 0 fully saturated rings. The molecule has 0 saturated heterocycles. The van der Waals surface area contributed by atoms with Gasteiger partial charge >= 0.3 is 0 Å². The van der Waals surface area contributed by atoms with Crippen LogP contribution in [-0.4, -0.2) is 31.3 Å². The van der Waals surface area contributed by atoms with Crippen LogP contribution in [0, 0.1) is 0 Å². The summed E-state index contributed by atoms with van der Waals surface area (Å²) in [4.78, 5) is 0.455. The van der Waals surface area contributed by atoms with Crippen LogP contribution in [0.4, 0.5) is 0 Å². The second-order valence-electron chi connectivity index (χ2n) is 3.58. The van der Waals surface area contributed by atoms with Crippen molar-refractivity contribution >= 4 is 37.7 Å². The van der Waals surface area contributed by atoms with E-state index in [2.05, 4.69) is 15.9 Å². The Kier molecular flexibility index (Phi) is 3.63. The molecule has 0 spiro atoms. The van der Waals surface area contributed by atoms with Gasteiger partial charge in [-0.2, -0.15) is 16.1 Å². The summed E-state index contributed by atoms with van der Waals surface area (Å²) < 4.78 is 26.7. The summed E-state index contributed by atoms with van der Waals surface area (Å²) in [6, 6.07) is 5.33. The van der Waals surface area contributed by atoms with Crippen molar-refractivity contribution in [3.05, 3.63) is 28.2 Å². The van der Waals surface area contributed by atoms with Crippen molar-refractivity contribution in [1.29, 1.82) is 0 Å². The van der Waals surface area contributed by atoms with Crippen molar-refractivity contribution in [2.75, 3.05) is 18.6 Å². The van der Waals surface area contributed by atoms with Gasteiger partial charge in [-0.3, -0.25) is 0 Å². The summed E-state index contributed by atoms with van der Waals surface area (Å²) in [6.07, 6.45) is 1.98. The zero-order chi connectivity index (χ0) is 11.8. The number of fused-ring (bicyclic) bond motifs is 1. The Balaban J connectivity index is 2.34. The summed E-state index contributed by atoms with van der Waals surface area (Å²) in [5, 5.41) is 0. The van der Waals surface area contributed by atoms with Crippen LogP contribution in [0.2, 0.25) is 0 Å². The summed E-state index contributed by atoms with van der Waals surface area (Å²) in [7, 11) is -3.24. The molecule has 0 saturated carbocycles. The third-order valence-corrected chi connectivity index (χ3v) is 5.56. The third kappa shape index (κ3) is 2.16. The summed E-state index contributed by atoms with van der Waals surface area (Å²) in [5.41, 5.74) is 0.885. The Morgan fingerprint density at radius 2 is 2.25 bits per heavy atom. The third-order valence-electron chi connectivity index (χ3n) is 2.53. The van der Waals surface area contributed by atoms with Crippen LogP contribution in [-0.2, 0) is 16.6 Å². The maximum absolute atomic E-state index is 12.1. The van der Waals surface area contributed by atoms with E-state index in [1.54, 1.807) is 28.2 Å². The number of rotatable bonds is 3. The zero-order valence-corrected chi connectivity index (χ0v) is 12.0. The molecule has 0 bridgehead atoms. The van der Waals surface area contributed by atoms with E-state index in [0.29, 0.717) is 18.0 Å².